The molecule has 4 rings (SSSR count). The molecule has 0 saturated carbocycles. The number of fused-ring (bicyclic) bond motifs is 1. The Morgan fingerprint density at radius 1 is 1.00 bits per heavy atom. The van der Waals surface area contributed by atoms with Crippen LogP contribution in [0.5, 0.6) is 5.75 Å². The molecule has 1 fully saturated rings. The van der Waals surface area contributed by atoms with Gasteiger partial charge in [0, 0.05) is 26.2 Å². The van der Waals surface area contributed by atoms with Crippen molar-refractivity contribution in [3.05, 3.63) is 30.6 Å². The van der Waals surface area contributed by atoms with Crippen molar-refractivity contribution in [2.45, 2.75) is 13.8 Å². The molecule has 1 aliphatic rings. The van der Waals surface area contributed by atoms with Crippen LogP contribution in [0.3, 0.4) is 0 Å². The lowest BCUT2D eigenvalue weighted by Crippen LogP contribution is -2.51. The maximum atomic E-state index is 12.1. The van der Waals surface area contributed by atoms with Gasteiger partial charge in [-0.2, -0.15) is 4.68 Å². The number of benzene rings is 1. The van der Waals surface area contributed by atoms with E-state index in [1.165, 1.54) is 11.2 Å². The normalized spacial score (nSPS) is 14.0. The minimum absolute atomic E-state index is 0.174. The van der Waals surface area contributed by atoms with Gasteiger partial charge >= 0.3 is 11.9 Å². The summed E-state index contributed by atoms with van der Waals surface area (Å²) in [7, 11) is 0. The van der Waals surface area contributed by atoms with Crippen LogP contribution in [0.4, 0.5) is 5.82 Å². The van der Waals surface area contributed by atoms with Crippen LogP contribution in [0.2, 0.25) is 0 Å². The number of ether oxygens (including phenoxy) is 2. The van der Waals surface area contributed by atoms with Gasteiger partial charge in [0.15, 0.2) is 17.0 Å². The zero-order chi connectivity index (χ0) is 21.8. The van der Waals surface area contributed by atoms with E-state index in [0.29, 0.717) is 49.8 Å². The molecule has 3 heterocycles. The van der Waals surface area contributed by atoms with Crippen LogP contribution < -0.4 is 9.64 Å². The van der Waals surface area contributed by atoms with Crippen LogP contribution >= 0.6 is 0 Å². The van der Waals surface area contributed by atoms with E-state index in [9.17, 15) is 9.59 Å². The molecule has 11 nitrogen and oxygen atoms in total. The maximum Gasteiger partial charge on any atom is 0.397 e. The Hall–Kier alpha value is -3.76. The highest BCUT2D eigenvalue weighted by atomic mass is 16.5. The lowest BCUT2D eigenvalue weighted by atomic mass is 10.3. The Kier molecular flexibility index (Phi) is 5.92. The number of carbonyl (C=O) groups is 2. The van der Waals surface area contributed by atoms with Gasteiger partial charge in [-0.05, 0) is 38.1 Å². The molecule has 0 radical (unpaired) electrons. The molecule has 1 saturated heterocycles. The molecule has 0 N–H and O–H groups in total. The molecule has 11 heteroatoms. The van der Waals surface area contributed by atoms with E-state index in [4.69, 9.17) is 9.47 Å². The zero-order valence-corrected chi connectivity index (χ0v) is 17.4. The van der Waals surface area contributed by atoms with Gasteiger partial charge in [0.25, 0.3) is 0 Å². The summed E-state index contributed by atoms with van der Waals surface area (Å²) < 4.78 is 11.9. The smallest absolute Gasteiger partial charge is 0.397 e. The number of anilines is 1. The largest absolute Gasteiger partial charge is 0.494 e. The van der Waals surface area contributed by atoms with Crippen LogP contribution in [-0.4, -0.2) is 81.1 Å². The number of aromatic nitrogens is 5. The van der Waals surface area contributed by atoms with E-state index in [1.54, 1.807) is 11.6 Å². The second kappa shape index (κ2) is 8.94. The fraction of sp³-hybridized carbons (Fsp3) is 0.400. The van der Waals surface area contributed by atoms with E-state index in [1.807, 2.05) is 36.1 Å². The highest BCUT2D eigenvalue weighted by molar-refractivity contribution is 6.32. The predicted octanol–water partition coefficient (Wildman–Crippen LogP) is 0.821. The lowest BCUT2D eigenvalue weighted by molar-refractivity contribution is -0.160. The molecular weight excluding hydrogens is 402 g/mol. The predicted molar refractivity (Wildman–Crippen MR) is 111 cm³/mol. The van der Waals surface area contributed by atoms with Crippen molar-refractivity contribution in [3.8, 4) is 11.4 Å². The average Bonchev–Trinajstić information content (AvgIpc) is 3.24. The molecular formula is C20H23N7O4. The maximum absolute atomic E-state index is 12.1. The molecule has 1 amide bonds. The zero-order valence-electron chi connectivity index (χ0n) is 17.4. The molecule has 31 heavy (non-hydrogen) atoms. The van der Waals surface area contributed by atoms with Crippen LogP contribution in [0.25, 0.3) is 16.9 Å². The number of hydrogen-bond donors (Lipinski definition) is 0. The third-order valence-electron chi connectivity index (χ3n) is 4.93. The van der Waals surface area contributed by atoms with Crippen molar-refractivity contribution in [3.63, 3.8) is 0 Å². The van der Waals surface area contributed by atoms with Gasteiger partial charge in [-0.3, -0.25) is 4.79 Å². The number of hydrogen-bond acceptors (Lipinski definition) is 9. The van der Waals surface area contributed by atoms with Crippen LogP contribution in [0.1, 0.15) is 13.8 Å². The Bertz CT molecular complexity index is 1070. The van der Waals surface area contributed by atoms with Crippen molar-refractivity contribution in [2.24, 2.45) is 0 Å². The van der Waals surface area contributed by atoms with E-state index in [2.05, 4.69) is 20.3 Å². The van der Waals surface area contributed by atoms with Crippen LogP contribution in [0, 0.1) is 0 Å². The van der Waals surface area contributed by atoms with Crippen molar-refractivity contribution >= 4 is 28.9 Å². The fourth-order valence-electron chi connectivity index (χ4n) is 3.44. The first-order valence-electron chi connectivity index (χ1n) is 10.1. The first-order chi connectivity index (χ1) is 15.1. The second-order valence-corrected chi connectivity index (χ2v) is 6.80. The van der Waals surface area contributed by atoms with Crippen molar-refractivity contribution in [1.29, 1.82) is 0 Å². The lowest BCUT2D eigenvalue weighted by Gasteiger charge is -2.34. The fourth-order valence-corrected chi connectivity index (χ4v) is 3.44. The van der Waals surface area contributed by atoms with Crippen molar-refractivity contribution < 1.29 is 19.1 Å². The van der Waals surface area contributed by atoms with Gasteiger partial charge in [0.2, 0.25) is 0 Å². The van der Waals surface area contributed by atoms with Gasteiger partial charge in [0.1, 0.15) is 12.1 Å². The standard InChI is InChI=1S/C20H23N7O4/c1-3-30-15-7-5-14(6-8-15)27-18-16(23-24-27)17(21-13-22-18)25-9-11-26(12-10-25)19(28)20(29)31-4-2/h5-8,13H,3-4,9-12H2,1-2H3. The van der Waals surface area contributed by atoms with E-state index in [-0.39, 0.29) is 6.61 Å². The van der Waals surface area contributed by atoms with Gasteiger partial charge < -0.3 is 19.3 Å². The summed E-state index contributed by atoms with van der Waals surface area (Å²) in [5, 5.41) is 8.55. The summed E-state index contributed by atoms with van der Waals surface area (Å²) in [6.45, 7) is 6.16. The van der Waals surface area contributed by atoms with Crippen LogP contribution in [-0.2, 0) is 14.3 Å². The van der Waals surface area contributed by atoms with E-state index in [0.717, 1.165) is 11.4 Å². The summed E-state index contributed by atoms with van der Waals surface area (Å²) >= 11 is 0. The third-order valence-corrected chi connectivity index (χ3v) is 4.93. The quantitative estimate of drug-likeness (QED) is 0.433. The Labute approximate surface area is 178 Å². The summed E-state index contributed by atoms with van der Waals surface area (Å²) in [5.41, 5.74) is 1.96. The molecule has 0 unspecified atom stereocenters. The summed E-state index contributed by atoms with van der Waals surface area (Å²) in [6.07, 6.45) is 1.47. The molecule has 0 spiro atoms. The average molecular weight is 425 g/mol. The number of amides is 1. The van der Waals surface area contributed by atoms with Crippen molar-refractivity contribution in [2.75, 3.05) is 44.3 Å². The number of esters is 1. The molecule has 0 bridgehead atoms. The van der Waals surface area contributed by atoms with E-state index < -0.39 is 11.9 Å². The van der Waals surface area contributed by atoms with Gasteiger partial charge in [-0.15, -0.1) is 5.10 Å². The minimum atomic E-state index is -0.821. The molecule has 1 aliphatic heterocycles. The summed E-state index contributed by atoms with van der Waals surface area (Å²) in [6, 6.07) is 7.52. The summed E-state index contributed by atoms with van der Waals surface area (Å²) in [5.74, 6) is -0.0129. The highest BCUT2D eigenvalue weighted by Crippen LogP contribution is 2.24. The first-order valence-corrected chi connectivity index (χ1v) is 10.1. The first kappa shape index (κ1) is 20.5. The van der Waals surface area contributed by atoms with Crippen LogP contribution in [0.15, 0.2) is 30.6 Å². The Morgan fingerprint density at radius 3 is 2.42 bits per heavy atom. The highest BCUT2D eigenvalue weighted by Gasteiger charge is 2.28. The molecule has 162 valence electrons. The Balaban J connectivity index is 1.52. The second-order valence-electron chi connectivity index (χ2n) is 6.80. The third kappa shape index (κ3) is 4.11. The van der Waals surface area contributed by atoms with Crippen molar-refractivity contribution in [1.82, 2.24) is 29.9 Å². The molecule has 1 aromatic carbocycles. The molecule has 2 aromatic heterocycles. The summed E-state index contributed by atoms with van der Waals surface area (Å²) in [4.78, 5) is 36.1. The molecule has 0 aliphatic carbocycles. The number of carbonyl (C=O) groups excluding carboxylic acids is 2. The molecule has 3 aromatic rings. The Morgan fingerprint density at radius 2 is 1.74 bits per heavy atom. The monoisotopic (exact) mass is 425 g/mol. The SMILES string of the molecule is CCOC(=O)C(=O)N1CCN(c2ncnc3c2nnn3-c2ccc(OCC)cc2)CC1. The van der Waals surface area contributed by atoms with Gasteiger partial charge in [-0.1, -0.05) is 5.21 Å². The molecule has 0 atom stereocenters. The van der Waals surface area contributed by atoms with Gasteiger partial charge in [0.05, 0.1) is 18.9 Å². The van der Waals surface area contributed by atoms with E-state index >= 15 is 0 Å². The number of rotatable bonds is 5. The number of nitrogens with zero attached hydrogens (tertiary/aromatic N) is 7. The topological polar surface area (TPSA) is 116 Å². The van der Waals surface area contributed by atoms with Gasteiger partial charge in [-0.25, -0.2) is 14.8 Å². The number of piperazine rings is 1. The minimum Gasteiger partial charge on any atom is -0.494 e.